The third-order valence-corrected chi connectivity index (χ3v) is 2.77. The van der Waals surface area contributed by atoms with Gasteiger partial charge in [-0.3, -0.25) is 4.79 Å². The lowest BCUT2D eigenvalue weighted by molar-refractivity contribution is -0.116. The summed E-state index contributed by atoms with van der Waals surface area (Å²) in [7, 11) is 0. The number of hydrogen-bond acceptors (Lipinski definition) is 3. The number of aryl methyl sites for hydroxylation is 1. The van der Waals surface area contributed by atoms with Crippen LogP contribution in [-0.4, -0.2) is 5.91 Å². The van der Waals surface area contributed by atoms with E-state index in [1.807, 2.05) is 6.07 Å². The number of nitrogen functional groups attached to an aromatic ring is 1. The van der Waals surface area contributed by atoms with Crippen LogP contribution < -0.4 is 11.1 Å². The molecule has 0 bridgehead atoms. The highest BCUT2D eigenvalue weighted by Crippen LogP contribution is 2.24. The normalized spacial score (nSPS) is 10.3. The lowest BCUT2D eigenvalue weighted by atomic mass is 10.2. The van der Waals surface area contributed by atoms with Gasteiger partial charge in [0.2, 0.25) is 5.91 Å². The highest BCUT2D eigenvalue weighted by Gasteiger charge is 2.07. The van der Waals surface area contributed by atoms with Gasteiger partial charge in [0, 0.05) is 18.5 Å². The molecule has 0 unspecified atom stereocenters. The second-order valence-electron chi connectivity index (χ2n) is 3.87. The molecule has 0 atom stereocenters. The minimum Gasteiger partial charge on any atom is -0.469 e. The Kier molecular flexibility index (Phi) is 3.89. The van der Waals surface area contributed by atoms with Crippen LogP contribution in [-0.2, 0) is 11.2 Å². The van der Waals surface area contributed by atoms with E-state index in [2.05, 4.69) is 5.32 Å². The lowest BCUT2D eigenvalue weighted by Crippen LogP contribution is -2.12. The molecule has 0 radical (unpaired) electrons. The van der Waals surface area contributed by atoms with Gasteiger partial charge in [0.1, 0.15) is 5.76 Å². The Morgan fingerprint density at radius 3 is 2.94 bits per heavy atom. The predicted molar refractivity (Wildman–Crippen MR) is 71.5 cm³/mol. The van der Waals surface area contributed by atoms with Crippen LogP contribution in [0.25, 0.3) is 0 Å². The van der Waals surface area contributed by atoms with Crippen LogP contribution in [0, 0.1) is 0 Å². The molecule has 0 aliphatic rings. The van der Waals surface area contributed by atoms with Gasteiger partial charge in [-0.05, 0) is 30.3 Å². The van der Waals surface area contributed by atoms with Crippen molar-refractivity contribution in [2.75, 3.05) is 11.1 Å². The number of hydrogen-bond donors (Lipinski definition) is 2. The number of rotatable bonds is 4. The minimum atomic E-state index is -0.126. The van der Waals surface area contributed by atoms with Crippen LogP contribution in [0.3, 0.4) is 0 Å². The lowest BCUT2D eigenvalue weighted by Gasteiger charge is -2.07. The number of halogens is 1. The quantitative estimate of drug-likeness (QED) is 0.834. The molecule has 0 saturated carbocycles. The van der Waals surface area contributed by atoms with Gasteiger partial charge < -0.3 is 15.5 Å². The van der Waals surface area contributed by atoms with Crippen molar-refractivity contribution in [1.82, 2.24) is 0 Å². The summed E-state index contributed by atoms with van der Waals surface area (Å²) in [6.07, 6.45) is 2.47. The molecular formula is C13H13ClN2O2. The molecule has 5 heteroatoms. The Labute approximate surface area is 110 Å². The van der Waals surface area contributed by atoms with E-state index in [1.165, 1.54) is 0 Å². The number of carbonyl (C=O) groups is 1. The number of nitrogens with two attached hydrogens (primary N) is 1. The summed E-state index contributed by atoms with van der Waals surface area (Å²) in [6.45, 7) is 0. The number of nitrogens with one attached hydrogen (secondary N) is 1. The second-order valence-corrected chi connectivity index (χ2v) is 4.27. The number of anilines is 2. The average Bonchev–Trinajstić information content (AvgIpc) is 2.84. The molecule has 1 heterocycles. The Balaban J connectivity index is 1.92. The molecule has 18 heavy (non-hydrogen) atoms. The van der Waals surface area contributed by atoms with Crippen molar-refractivity contribution in [3.8, 4) is 0 Å². The van der Waals surface area contributed by atoms with Crippen molar-refractivity contribution in [2.24, 2.45) is 0 Å². The molecule has 1 aromatic carbocycles. The van der Waals surface area contributed by atoms with Gasteiger partial charge in [0.05, 0.1) is 17.0 Å². The summed E-state index contributed by atoms with van der Waals surface area (Å²) in [5, 5.41) is 3.19. The van der Waals surface area contributed by atoms with Gasteiger partial charge in [-0.15, -0.1) is 0 Å². The number of benzene rings is 1. The third kappa shape index (κ3) is 3.28. The van der Waals surface area contributed by atoms with Gasteiger partial charge in [-0.1, -0.05) is 11.6 Å². The van der Waals surface area contributed by atoms with E-state index < -0.39 is 0 Å². The molecule has 0 saturated heterocycles. The highest BCUT2D eigenvalue weighted by atomic mass is 35.5. The first-order valence-electron chi connectivity index (χ1n) is 5.52. The largest absolute Gasteiger partial charge is 0.469 e. The van der Waals surface area contributed by atoms with E-state index in [-0.39, 0.29) is 5.91 Å². The van der Waals surface area contributed by atoms with Gasteiger partial charge >= 0.3 is 0 Å². The second kappa shape index (κ2) is 5.60. The van der Waals surface area contributed by atoms with Crippen LogP contribution in [0.15, 0.2) is 41.0 Å². The Morgan fingerprint density at radius 2 is 2.22 bits per heavy atom. The first-order valence-corrected chi connectivity index (χ1v) is 5.90. The maximum absolute atomic E-state index is 11.7. The van der Waals surface area contributed by atoms with E-state index in [9.17, 15) is 4.79 Å². The average molecular weight is 265 g/mol. The van der Waals surface area contributed by atoms with Crippen molar-refractivity contribution in [2.45, 2.75) is 12.8 Å². The van der Waals surface area contributed by atoms with E-state index in [4.69, 9.17) is 21.8 Å². The van der Waals surface area contributed by atoms with Crippen LogP contribution in [0.2, 0.25) is 5.02 Å². The van der Waals surface area contributed by atoms with Gasteiger partial charge in [-0.25, -0.2) is 0 Å². The fourth-order valence-corrected chi connectivity index (χ4v) is 1.71. The standard InChI is InChI=1S/C13H13ClN2O2/c14-11-5-3-9(15)8-12(11)16-13(17)6-4-10-2-1-7-18-10/h1-3,5,7-8H,4,6,15H2,(H,16,17). The van der Waals surface area contributed by atoms with Crippen molar-refractivity contribution in [1.29, 1.82) is 0 Å². The predicted octanol–water partition coefficient (Wildman–Crippen LogP) is 3.09. The summed E-state index contributed by atoms with van der Waals surface area (Å²) >= 11 is 5.95. The number of carbonyl (C=O) groups excluding carboxylic acids is 1. The molecule has 4 nitrogen and oxygen atoms in total. The molecule has 2 rings (SSSR count). The molecule has 1 aromatic heterocycles. The van der Waals surface area contributed by atoms with Gasteiger partial charge in [0.25, 0.3) is 0 Å². The van der Waals surface area contributed by atoms with Gasteiger partial charge in [0.15, 0.2) is 0 Å². The third-order valence-electron chi connectivity index (χ3n) is 2.44. The fraction of sp³-hybridized carbons (Fsp3) is 0.154. The zero-order valence-electron chi connectivity index (χ0n) is 9.65. The maximum atomic E-state index is 11.7. The van der Waals surface area contributed by atoms with E-state index in [1.54, 1.807) is 30.5 Å². The van der Waals surface area contributed by atoms with Crippen LogP contribution in [0.5, 0.6) is 0 Å². The monoisotopic (exact) mass is 264 g/mol. The highest BCUT2D eigenvalue weighted by molar-refractivity contribution is 6.33. The van der Waals surface area contributed by atoms with Crippen LogP contribution >= 0.6 is 11.6 Å². The summed E-state index contributed by atoms with van der Waals surface area (Å²) < 4.78 is 5.15. The summed E-state index contributed by atoms with van der Waals surface area (Å²) in [5.74, 6) is 0.655. The Bertz CT molecular complexity index is 538. The number of amides is 1. The molecule has 3 N–H and O–H groups in total. The first-order chi connectivity index (χ1) is 8.65. The van der Waals surface area contributed by atoms with Crippen molar-refractivity contribution >= 4 is 28.9 Å². The molecule has 94 valence electrons. The van der Waals surface area contributed by atoms with Crippen LogP contribution in [0.4, 0.5) is 11.4 Å². The molecule has 0 fully saturated rings. The molecule has 1 amide bonds. The molecule has 0 spiro atoms. The van der Waals surface area contributed by atoms with Crippen molar-refractivity contribution in [3.05, 3.63) is 47.4 Å². The van der Waals surface area contributed by atoms with Crippen LogP contribution in [0.1, 0.15) is 12.2 Å². The zero-order valence-corrected chi connectivity index (χ0v) is 10.4. The van der Waals surface area contributed by atoms with Crippen molar-refractivity contribution < 1.29 is 9.21 Å². The van der Waals surface area contributed by atoms with Gasteiger partial charge in [-0.2, -0.15) is 0 Å². The SMILES string of the molecule is Nc1ccc(Cl)c(NC(=O)CCc2ccco2)c1. The van der Waals surface area contributed by atoms with E-state index in [0.29, 0.717) is 29.2 Å². The molecule has 0 aliphatic carbocycles. The number of furan rings is 1. The summed E-state index contributed by atoms with van der Waals surface area (Å²) in [4.78, 5) is 11.7. The zero-order chi connectivity index (χ0) is 13.0. The molecule has 0 aliphatic heterocycles. The smallest absolute Gasteiger partial charge is 0.224 e. The summed E-state index contributed by atoms with van der Waals surface area (Å²) in [5.41, 5.74) is 6.71. The maximum Gasteiger partial charge on any atom is 0.224 e. The summed E-state index contributed by atoms with van der Waals surface area (Å²) in [6, 6.07) is 8.59. The minimum absolute atomic E-state index is 0.126. The fourth-order valence-electron chi connectivity index (χ4n) is 1.54. The molecular weight excluding hydrogens is 252 g/mol. The topological polar surface area (TPSA) is 68.3 Å². The van der Waals surface area contributed by atoms with E-state index in [0.717, 1.165) is 5.76 Å². The Hall–Kier alpha value is -1.94. The van der Waals surface area contributed by atoms with E-state index >= 15 is 0 Å². The molecule has 2 aromatic rings. The van der Waals surface area contributed by atoms with Crippen molar-refractivity contribution in [3.63, 3.8) is 0 Å². The first kappa shape index (κ1) is 12.5. The Morgan fingerprint density at radius 1 is 1.39 bits per heavy atom.